The molecule has 5 N–H and O–H groups in total. The van der Waals surface area contributed by atoms with Crippen molar-refractivity contribution in [3.8, 4) is 0 Å². The fraction of sp³-hybridized carbons (Fsp3) is 0.545. The number of nitrogens with one attached hydrogen (secondary N) is 2. The number of H-pyrrole nitrogens is 1. The molecule has 0 saturated carbocycles. The average Bonchev–Trinajstić information content (AvgIpc) is 2.99. The molecular weight excluding hydrogens is 250 g/mol. The van der Waals surface area contributed by atoms with E-state index < -0.39 is 12.0 Å². The second-order valence-electron chi connectivity index (χ2n) is 4.62. The molecule has 104 valence electrons. The fourth-order valence-electron chi connectivity index (χ4n) is 2.03. The first kappa shape index (κ1) is 13.3. The molecule has 1 aliphatic rings. The summed E-state index contributed by atoms with van der Waals surface area (Å²) in [6.07, 6.45) is 3.91. The topological polar surface area (TPSA) is 124 Å². The highest BCUT2D eigenvalue weighted by atomic mass is 16.4. The number of aromatic nitrogens is 2. The fourth-order valence-corrected chi connectivity index (χ4v) is 2.03. The summed E-state index contributed by atoms with van der Waals surface area (Å²) in [5.41, 5.74) is 6.37. The van der Waals surface area contributed by atoms with Crippen molar-refractivity contribution in [2.24, 2.45) is 5.73 Å². The second kappa shape index (κ2) is 5.70. The van der Waals surface area contributed by atoms with Gasteiger partial charge >= 0.3 is 12.0 Å². The van der Waals surface area contributed by atoms with Crippen LogP contribution in [0.3, 0.4) is 0 Å². The molecular formula is C11H17N5O3. The quantitative estimate of drug-likeness (QED) is 0.565. The summed E-state index contributed by atoms with van der Waals surface area (Å²) in [5.74, 6) is -1.08. The first-order chi connectivity index (χ1) is 9.06. The van der Waals surface area contributed by atoms with Gasteiger partial charge in [-0.3, -0.25) is 0 Å². The van der Waals surface area contributed by atoms with Gasteiger partial charge in [-0.1, -0.05) is 0 Å². The van der Waals surface area contributed by atoms with Gasteiger partial charge in [-0.25, -0.2) is 14.6 Å². The number of likely N-dealkylation sites (tertiary alicyclic amines) is 1. The largest absolute Gasteiger partial charge is 0.480 e. The molecule has 1 aliphatic heterocycles. The number of carboxylic acids is 1. The van der Waals surface area contributed by atoms with Crippen molar-refractivity contribution in [2.45, 2.75) is 24.9 Å². The molecule has 0 spiro atoms. The van der Waals surface area contributed by atoms with Crippen LogP contribution in [-0.2, 0) is 11.2 Å². The van der Waals surface area contributed by atoms with Gasteiger partial charge in [0.2, 0.25) is 0 Å². The van der Waals surface area contributed by atoms with Crippen LogP contribution in [0.1, 0.15) is 12.1 Å². The number of amides is 2. The third-order valence-electron chi connectivity index (χ3n) is 3.09. The molecule has 1 unspecified atom stereocenters. The minimum Gasteiger partial charge on any atom is -0.480 e. The Morgan fingerprint density at radius 3 is 3.00 bits per heavy atom. The van der Waals surface area contributed by atoms with Gasteiger partial charge in [0.25, 0.3) is 0 Å². The number of carboxylic acid groups (broad SMARTS) is 1. The maximum absolute atomic E-state index is 11.9. The molecule has 0 bridgehead atoms. The highest BCUT2D eigenvalue weighted by Crippen LogP contribution is 2.08. The molecule has 0 aromatic carbocycles. The molecule has 8 nitrogen and oxygen atoms in total. The Bertz CT molecular complexity index is 447. The molecule has 2 amide bonds. The second-order valence-corrected chi connectivity index (χ2v) is 4.62. The van der Waals surface area contributed by atoms with E-state index in [0.29, 0.717) is 18.8 Å². The SMILES string of the molecule is NC1CCN(C(=O)N[C@H](Cc2cnc[nH]2)C(=O)O)C1. The van der Waals surface area contributed by atoms with Crippen LogP contribution in [0.2, 0.25) is 0 Å². The molecule has 19 heavy (non-hydrogen) atoms. The van der Waals surface area contributed by atoms with Crippen LogP contribution < -0.4 is 11.1 Å². The van der Waals surface area contributed by atoms with Crippen LogP contribution in [0, 0.1) is 0 Å². The van der Waals surface area contributed by atoms with E-state index in [0.717, 1.165) is 6.42 Å². The lowest BCUT2D eigenvalue weighted by molar-refractivity contribution is -0.139. The van der Waals surface area contributed by atoms with Crippen LogP contribution in [0.4, 0.5) is 4.79 Å². The molecule has 2 atom stereocenters. The van der Waals surface area contributed by atoms with Crippen LogP contribution in [0.15, 0.2) is 12.5 Å². The molecule has 2 heterocycles. The third kappa shape index (κ3) is 3.44. The number of hydrogen-bond donors (Lipinski definition) is 4. The Morgan fingerprint density at radius 2 is 2.47 bits per heavy atom. The maximum atomic E-state index is 11.9. The summed E-state index contributed by atoms with van der Waals surface area (Å²) >= 11 is 0. The Kier molecular flexibility index (Phi) is 4.00. The number of hydrogen-bond acceptors (Lipinski definition) is 4. The van der Waals surface area contributed by atoms with Gasteiger partial charge in [-0.05, 0) is 6.42 Å². The van der Waals surface area contributed by atoms with Crippen LogP contribution in [-0.4, -0.2) is 57.1 Å². The van der Waals surface area contributed by atoms with Gasteiger partial charge < -0.3 is 26.0 Å². The van der Waals surface area contributed by atoms with Crippen molar-refractivity contribution in [2.75, 3.05) is 13.1 Å². The summed E-state index contributed by atoms with van der Waals surface area (Å²) in [6, 6.07) is -1.40. The number of nitrogens with two attached hydrogens (primary N) is 1. The van der Waals surface area contributed by atoms with Crippen molar-refractivity contribution in [1.29, 1.82) is 0 Å². The van der Waals surface area contributed by atoms with E-state index >= 15 is 0 Å². The zero-order valence-corrected chi connectivity index (χ0v) is 10.4. The Labute approximate surface area is 110 Å². The smallest absolute Gasteiger partial charge is 0.326 e. The molecule has 1 saturated heterocycles. The Balaban J connectivity index is 1.93. The normalized spacial score (nSPS) is 20.3. The number of aromatic amines is 1. The lowest BCUT2D eigenvalue weighted by atomic mass is 10.1. The average molecular weight is 267 g/mol. The van der Waals surface area contributed by atoms with Gasteiger partial charge in [-0.2, -0.15) is 0 Å². The van der Waals surface area contributed by atoms with Gasteiger partial charge in [0.05, 0.1) is 6.33 Å². The maximum Gasteiger partial charge on any atom is 0.326 e. The van der Waals surface area contributed by atoms with Crippen LogP contribution in [0.25, 0.3) is 0 Å². The number of urea groups is 1. The van der Waals surface area contributed by atoms with Crippen LogP contribution >= 0.6 is 0 Å². The summed E-state index contributed by atoms with van der Waals surface area (Å²) in [6.45, 7) is 1.02. The molecule has 1 aromatic heterocycles. The van der Waals surface area contributed by atoms with E-state index in [1.807, 2.05) is 0 Å². The molecule has 0 radical (unpaired) electrons. The monoisotopic (exact) mass is 267 g/mol. The van der Waals surface area contributed by atoms with Gasteiger partial charge in [0.15, 0.2) is 0 Å². The summed E-state index contributed by atoms with van der Waals surface area (Å²) in [4.78, 5) is 31.2. The van der Waals surface area contributed by atoms with Gasteiger partial charge in [-0.15, -0.1) is 0 Å². The van der Waals surface area contributed by atoms with E-state index in [2.05, 4.69) is 15.3 Å². The van der Waals surface area contributed by atoms with E-state index in [-0.39, 0.29) is 18.5 Å². The highest BCUT2D eigenvalue weighted by Gasteiger charge is 2.27. The molecule has 2 rings (SSSR count). The van der Waals surface area contributed by atoms with E-state index in [9.17, 15) is 9.59 Å². The van der Waals surface area contributed by atoms with Gasteiger partial charge in [0, 0.05) is 37.4 Å². The standard InChI is InChI=1S/C11H17N5O3/c12-7-1-2-16(5-7)11(19)15-9(10(17)18)3-8-4-13-6-14-8/h4,6-7,9H,1-3,5,12H2,(H,13,14)(H,15,19)(H,17,18)/t7?,9-/m1/s1. The molecule has 0 aliphatic carbocycles. The lowest BCUT2D eigenvalue weighted by Crippen LogP contribution is -2.48. The van der Waals surface area contributed by atoms with Crippen LogP contribution in [0.5, 0.6) is 0 Å². The zero-order valence-electron chi connectivity index (χ0n) is 10.4. The van der Waals surface area contributed by atoms with E-state index in [4.69, 9.17) is 10.8 Å². The third-order valence-corrected chi connectivity index (χ3v) is 3.09. The number of carbonyl (C=O) groups is 2. The zero-order chi connectivity index (χ0) is 13.8. The van der Waals surface area contributed by atoms with Gasteiger partial charge in [0.1, 0.15) is 6.04 Å². The lowest BCUT2D eigenvalue weighted by Gasteiger charge is -2.20. The summed E-state index contributed by atoms with van der Waals surface area (Å²) < 4.78 is 0. The Hall–Kier alpha value is -2.09. The predicted octanol–water partition coefficient (Wildman–Crippen LogP) is -0.852. The van der Waals surface area contributed by atoms with Crippen molar-refractivity contribution in [3.05, 3.63) is 18.2 Å². The van der Waals surface area contributed by atoms with E-state index in [1.54, 1.807) is 0 Å². The van der Waals surface area contributed by atoms with Crippen molar-refractivity contribution in [1.82, 2.24) is 20.2 Å². The molecule has 1 aromatic rings. The number of nitrogens with zero attached hydrogens (tertiary/aromatic N) is 2. The molecule has 8 heteroatoms. The number of rotatable bonds is 4. The van der Waals surface area contributed by atoms with Crippen molar-refractivity contribution in [3.63, 3.8) is 0 Å². The summed E-state index contributed by atoms with van der Waals surface area (Å²) in [5, 5.41) is 11.6. The first-order valence-corrected chi connectivity index (χ1v) is 6.07. The minimum absolute atomic E-state index is 0.0263. The predicted molar refractivity (Wildman–Crippen MR) is 66.4 cm³/mol. The number of aliphatic carboxylic acids is 1. The van der Waals surface area contributed by atoms with Crippen molar-refractivity contribution >= 4 is 12.0 Å². The van der Waals surface area contributed by atoms with Crippen molar-refractivity contribution < 1.29 is 14.7 Å². The highest BCUT2D eigenvalue weighted by molar-refractivity contribution is 5.82. The first-order valence-electron chi connectivity index (χ1n) is 6.07. The number of imidazole rings is 1. The molecule has 1 fully saturated rings. The van der Waals surface area contributed by atoms with E-state index in [1.165, 1.54) is 17.4 Å². The summed E-state index contributed by atoms with van der Waals surface area (Å²) in [7, 11) is 0. The minimum atomic E-state index is -1.08. The number of carbonyl (C=O) groups excluding carboxylic acids is 1. The Morgan fingerprint density at radius 1 is 1.68 bits per heavy atom.